The number of hydrogen-bond acceptors (Lipinski definition) is 8. The summed E-state index contributed by atoms with van der Waals surface area (Å²) < 4.78 is 5.26. The monoisotopic (exact) mass is 430 g/mol. The molecule has 0 bridgehead atoms. The third kappa shape index (κ3) is 4.56. The molecule has 1 aliphatic carbocycles. The van der Waals surface area contributed by atoms with Crippen molar-refractivity contribution in [3.8, 4) is 0 Å². The number of hydrogen-bond donors (Lipinski definition) is 2. The third-order valence-corrected chi connectivity index (χ3v) is 6.92. The number of nitrogens with two attached hydrogens (primary N) is 1. The molecule has 0 spiro atoms. The highest BCUT2D eigenvalue weighted by molar-refractivity contribution is 7.19. The lowest BCUT2D eigenvalue weighted by atomic mass is 10.1. The van der Waals surface area contributed by atoms with E-state index in [9.17, 15) is 9.59 Å². The number of esters is 1. The summed E-state index contributed by atoms with van der Waals surface area (Å²) in [4.78, 5) is 35.6. The van der Waals surface area contributed by atoms with Crippen LogP contribution in [0.15, 0.2) is 17.5 Å². The molecule has 0 unspecified atom stereocenters. The van der Waals surface area contributed by atoms with Crippen molar-refractivity contribution in [2.45, 2.75) is 45.1 Å². The predicted molar refractivity (Wildman–Crippen MR) is 114 cm³/mol. The van der Waals surface area contributed by atoms with E-state index < -0.39 is 5.97 Å². The molecule has 3 heterocycles. The maximum Gasteiger partial charge on any atom is 0.308 e. The number of nitrogens with zero attached hydrogens (tertiary/aromatic N) is 2. The van der Waals surface area contributed by atoms with E-state index in [1.165, 1.54) is 41.0 Å². The van der Waals surface area contributed by atoms with Gasteiger partial charge in [-0.1, -0.05) is 12.5 Å². The van der Waals surface area contributed by atoms with E-state index in [2.05, 4.69) is 15.3 Å². The summed E-state index contributed by atoms with van der Waals surface area (Å²) in [5.41, 5.74) is 7.51. The molecular weight excluding hydrogens is 408 g/mol. The molecule has 0 aliphatic heterocycles. The summed E-state index contributed by atoms with van der Waals surface area (Å²) >= 11 is 3.03. The fourth-order valence-corrected chi connectivity index (χ4v) is 5.39. The number of amides is 1. The van der Waals surface area contributed by atoms with Crippen molar-refractivity contribution in [2.75, 3.05) is 12.3 Å². The van der Waals surface area contributed by atoms with Crippen LogP contribution in [-0.2, 0) is 29.0 Å². The molecule has 29 heavy (non-hydrogen) atoms. The van der Waals surface area contributed by atoms with Crippen molar-refractivity contribution in [3.63, 3.8) is 0 Å². The number of thiophene rings is 2. The standard InChI is InChI=1S/C20H22N4O3S2/c21-18-17-12-5-2-1-3-6-13(12)29-20(17)24-15(23-18)11-27-16(25)8-9-22-19(26)14-7-4-10-28-14/h4,7,10H,1-3,5-6,8-9,11H2,(H,22,26)(H2,21,23,24). The number of carbonyl (C=O) groups excluding carboxylic acids is 2. The molecular formula is C20H22N4O3S2. The topological polar surface area (TPSA) is 107 Å². The number of fused-ring (bicyclic) bond motifs is 3. The molecule has 3 aromatic heterocycles. The molecule has 3 N–H and O–H groups in total. The zero-order chi connectivity index (χ0) is 20.2. The van der Waals surface area contributed by atoms with Gasteiger partial charge in [0.25, 0.3) is 5.91 Å². The Morgan fingerprint density at radius 2 is 2.07 bits per heavy atom. The first kappa shape index (κ1) is 19.8. The van der Waals surface area contributed by atoms with Crippen molar-refractivity contribution in [1.29, 1.82) is 0 Å². The van der Waals surface area contributed by atoms with Crippen LogP contribution >= 0.6 is 22.7 Å². The molecule has 0 saturated carbocycles. The number of anilines is 1. The molecule has 0 atom stereocenters. The Morgan fingerprint density at radius 3 is 2.90 bits per heavy atom. The fourth-order valence-electron chi connectivity index (χ4n) is 3.46. The van der Waals surface area contributed by atoms with Gasteiger partial charge in [0.15, 0.2) is 12.4 Å². The largest absolute Gasteiger partial charge is 0.457 e. The van der Waals surface area contributed by atoms with Crippen molar-refractivity contribution in [3.05, 3.63) is 38.7 Å². The maximum atomic E-state index is 12.0. The molecule has 7 nitrogen and oxygen atoms in total. The minimum atomic E-state index is -0.416. The van der Waals surface area contributed by atoms with Crippen LogP contribution in [0.4, 0.5) is 5.82 Å². The molecule has 0 fully saturated rings. The minimum absolute atomic E-state index is 0.0274. The van der Waals surface area contributed by atoms with Gasteiger partial charge < -0.3 is 15.8 Å². The van der Waals surface area contributed by atoms with Crippen LogP contribution in [0.3, 0.4) is 0 Å². The molecule has 1 amide bonds. The Labute approximate surface area is 176 Å². The van der Waals surface area contributed by atoms with Gasteiger partial charge in [0, 0.05) is 11.4 Å². The van der Waals surface area contributed by atoms with Crippen LogP contribution in [0.2, 0.25) is 0 Å². The summed E-state index contributed by atoms with van der Waals surface area (Å²) in [7, 11) is 0. The van der Waals surface area contributed by atoms with E-state index in [0.717, 1.165) is 23.1 Å². The summed E-state index contributed by atoms with van der Waals surface area (Å²) in [6.45, 7) is 0.190. The number of nitrogens with one attached hydrogen (secondary N) is 1. The number of aryl methyl sites for hydroxylation is 2. The number of carbonyl (C=O) groups is 2. The first-order valence-electron chi connectivity index (χ1n) is 9.66. The number of rotatable bonds is 6. The van der Waals surface area contributed by atoms with Crippen LogP contribution in [0.5, 0.6) is 0 Å². The van der Waals surface area contributed by atoms with Crippen LogP contribution in [-0.4, -0.2) is 28.4 Å². The van der Waals surface area contributed by atoms with E-state index in [4.69, 9.17) is 10.5 Å². The van der Waals surface area contributed by atoms with E-state index in [-0.39, 0.29) is 25.5 Å². The Bertz CT molecular complexity index is 1030. The zero-order valence-electron chi connectivity index (χ0n) is 15.9. The number of nitrogen functional groups attached to an aromatic ring is 1. The number of aromatic nitrogens is 2. The van der Waals surface area contributed by atoms with Crippen LogP contribution < -0.4 is 11.1 Å². The normalized spacial score (nSPS) is 13.7. The summed E-state index contributed by atoms with van der Waals surface area (Å²) in [6.07, 6.45) is 5.78. The lowest BCUT2D eigenvalue weighted by molar-refractivity contribution is -0.145. The van der Waals surface area contributed by atoms with Gasteiger partial charge in [-0.05, 0) is 42.7 Å². The molecule has 0 aromatic carbocycles. The van der Waals surface area contributed by atoms with Gasteiger partial charge in [-0.25, -0.2) is 9.97 Å². The predicted octanol–water partition coefficient (Wildman–Crippen LogP) is 3.47. The van der Waals surface area contributed by atoms with Crippen molar-refractivity contribution >= 4 is 50.6 Å². The van der Waals surface area contributed by atoms with Crippen LogP contribution in [0, 0.1) is 0 Å². The molecule has 152 valence electrons. The van der Waals surface area contributed by atoms with E-state index in [1.807, 2.05) is 11.4 Å². The van der Waals surface area contributed by atoms with Crippen LogP contribution in [0.25, 0.3) is 10.2 Å². The second kappa shape index (κ2) is 8.87. The van der Waals surface area contributed by atoms with Gasteiger partial charge in [-0.2, -0.15) is 0 Å². The Balaban J connectivity index is 1.33. The van der Waals surface area contributed by atoms with E-state index in [0.29, 0.717) is 16.5 Å². The lowest BCUT2D eigenvalue weighted by Crippen LogP contribution is -2.25. The first-order chi connectivity index (χ1) is 14.1. The molecule has 4 rings (SSSR count). The first-order valence-corrected chi connectivity index (χ1v) is 11.4. The SMILES string of the molecule is Nc1nc(COC(=O)CCNC(=O)c2cccs2)nc2sc3c(c12)CCCCC3. The van der Waals surface area contributed by atoms with E-state index in [1.54, 1.807) is 17.4 Å². The summed E-state index contributed by atoms with van der Waals surface area (Å²) in [5.74, 6) is 0.263. The molecule has 3 aromatic rings. The summed E-state index contributed by atoms with van der Waals surface area (Å²) in [6, 6.07) is 3.54. The van der Waals surface area contributed by atoms with Gasteiger partial charge in [-0.3, -0.25) is 9.59 Å². The highest BCUT2D eigenvalue weighted by atomic mass is 32.1. The quantitative estimate of drug-likeness (QED) is 0.458. The molecule has 0 radical (unpaired) electrons. The van der Waals surface area contributed by atoms with Gasteiger partial charge in [0.05, 0.1) is 16.7 Å². The van der Waals surface area contributed by atoms with Gasteiger partial charge in [-0.15, -0.1) is 22.7 Å². The number of ether oxygens (including phenoxy) is 1. The molecule has 9 heteroatoms. The van der Waals surface area contributed by atoms with Crippen LogP contribution in [0.1, 0.15) is 51.6 Å². The van der Waals surface area contributed by atoms with E-state index >= 15 is 0 Å². The average Bonchev–Trinajstić information content (AvgIpc) is 3.30. The third-order valence-electron chi connectivity index (χ3n) is 4.86. The van der Waals surface area contributed by atoms with Gasteiger partial charge in [0.1, 0.15) is 10.6 Å². The maximum absolute atomic E-state index is 12.0. The second-order valence-electron chi connectivity index (χ2n) is 6.91. The summed E-state index contributed by atoms with van der Waals surface area (Å²) in [5, 5.41) is 5.50. The highest BCUT2D eigenvalue weighted by Gasteiger charge is 2.19. The molecule has 1 aliphatic rings. The van der Waals surface area contributed by atoms with Gasteiger partial charge >= 0.3 is 5.97 Å². The second-order valence-corrected chi connectivity index (χ2v) is 8.94. The fraction of sp³-hybridized carbons (Fsp3) is 0.400. The minimum Gasteiger partial charge on any atom is -0.457 e. The van der Waals surface area contributed by atoms with Gasteiger partial charge in [0.2, 0.25) is 0 Å². The highest BCUT2D eigenvalue weighted by Crippen LogP contribution is 2.37. The smallest absolute Gasteiger partial charge is 0.308 e. The Morgan fingerprint density at radius 1 is 1.21 bits per heavy atom. The zero-order valence-corrected chi connectivity index (χ0v) is 17.5. The van der Waals surface area contributed by atoms with Crippen molar-refractivity contribution < 1.29 is 14.3 Å². The Kier molecular flexibility index (Phi) is 6.05. The van der Waals surface area contributed by atoms with Crippen molar-refractivity contribution in [1.82, 2.24) is 15.3 Å². The Hall–Kier alpha value is -2.52. The lowest BCUT2D eigenvalue weighted by Gasteiger charge is -2.07. The molecule has 0 saturated heterocycles. The van der Waals surface area contributed by atoms with Crippen molar-refractivity contribution in [2.24, 2.45) is 0 Å². The average molecular weight is 431 g/mol.